The Hall–Kier alpha value is -3.36. The molecule has 2 N–H and O–H groups in total. The van der Waals surface area contributed by atoms with Crippen molar-refractivity contribution in [1.29, 1.82) is 0 Å². The van der Waals surface area contributed by atoms with Crippen LogP contribution in [0.5, 0.6) is 5.75 Å². The van der Waals surface area contributed by atoms with Crippen LogP contribution in [0.2, 0.25) is 0 Å². The van der Waals surface area contributed by atoms with Gasteiger partial charge in [0.2, 0.25) is 0 Å². The van der Waals surface area contributed by atoms with Crippen LogP contribution in [0.4, 0.5) is 16.2 Å². The predicted molar refractivity (Wildman–Crippen MR) is 126 cm³/mol. The Morgan fingerprint density at radius 2 is 1.59 bits per heavy atom. The van der Waals surface area contributed by atoms with Crippen LogP contribution in [0, 0.1) is 0 Å². The van der Waals surface area contributed by atoms with Gasteiger partial charge in [0.1, 0.15) is 19.0 Å². The first-order valence-electron chi connectivity index (χ1n) is 9.86. The summed E-state index contributed by atoms with van der Waals surface area (Å²) in [7, 11) is 1.53. The van der Waals surface area contributed by atoms with E-state index in [-0.39, 0.29) is 12.5 Å². The fourth-order valence-corrected chi connectivity index (χ4v) is 3.20. The largest absolute Gasteiger partial charge is 0.488 e. The van der Waals surface area contributed by atoms with Crippen molar-refractivity contribution < 1.29 is 23.8 Å². The maximum Gasteiger partial charge on any atom is 0.411 e. The van der Waals surface area contributed by atoms with Crippen LogP contribution in [0.3, 0.4) is 0 Å². The van der Waals surface area contributed by atoms with E-state index in [0.29, 0.717) is 35.9 Å². The number of nitrogens with one attached hydrogen (secondary N) is 2. The third-order valence-electron chi connectivity index (χ3n) is 4.36. The molecule has 3 aromatic rings. The van der Waals surface area contributed by atoms with Crippen LogP contribution in [-0.2, 0) is 16.1 Å². The number of rotatable bonds is 9. The van der Waals surface area contributed by atoms with Gasteiger partial charge in [-0.3, -0.25) is 10.1 Å². The zero-order chi connectivity index (χ0) is 22.8. The second kappa shape index (κ2) is 11.9. The smallest absolute Gasteiger partial charge is 0.411 e. The number of carbonyl (C=O) groups excluding carboxylic acids is 2. The third-order valence-corrected chi connectivity index (χ3v) is 5.13. The molecule has 0 aromatic heterocycles. The lowest BCUT2D eigenvalue weighted by atomic mass is 10.1. The molecule has 0 saturated heterocycles. The summed E-state index contributed by atoms with van der Waals surface area (Å²) in [6.45, 7) is 0.775. The van der Waals surface area contributed by atoms with Crippen molar-refractivity contribution in [2.45, 2.75) is 6.61 Å². The minimum Gasteiger partial charge on any atom is -0.488 e. The maximum atomic E-state index is 12.9. The van der Waals surface area contributed by atoms with E-state index in [1.54, 1.807) is 42.5 Å². The van der Waals surface area contributed by atoms with Crippen molar-refractivity contribution >= 4 is 39.3 Å². The van der Waals surface area contributed by atoms with Crippen molar-refractivity contribution in [1.82, 2.24) is 0 Å². The van der Waals surface area contributed by atoms with Crippen molar-refractivity contribution in [3.63, 3.8) is 0 Å². The number of hydrogen-bond donors (Lipinski definition) is 2. The van der Waals surface area contributed by atoms with Crippen LogP contribution < -0.4 is 15.4 Å². The van der Waals surface area contributed by atoms with Gasteiger partial charge in [-0.15, -0.1) is 0 Å². The Labute approximate surface area is 194 Å². The Bertz CT molecular complexity index is 1070. The molecule has 32 heavy (non-hydrogen) atoms. The van der Waals surface area contributed by atoms with E-state index in [9.17, 15) is 9.59 Å². The minimum atomic E-state index is -0.601. The van der Waals surface area contributed by atoms with Crippen molar-refractivity contribution in [3.05, 3.63) is 88.4 Å². The van der Waals surface area contributed by atoms with E-state index in [1.165, 1.54) is 7.11 Å². The molecule has 8 heteroatoms. The molecule has 0 heterocycles. The summed E-state index contributed by atoms with van der Waals surface area (Å²) in [6.07, 6.45) is -0.601. The molecule has 0 atom stereocenters. The fraction of sp³-hybridized carbons (Fsp3) is 0.167. The van der Waals surface area contributed by atoms with E-state index < -0.39 is 6.09 Å². The zero-order valence-electron chi connectivity index (χ0n) is 17.5. The van der Waals surface area contributed by atoms with Crippen LogP contribution >= 0.6 is 15.9 Å². The molecular formula is C24H23BrN2O5. The van der Waals surface area contributed by atoms with Gasteiger partial charge in [0, 0.05) is 28.5 Å². The summed E-state index contributed by atoms with van der Waals surface area (Å²) < 4.78 is 16.7. The van der Waals surface area contributed by atoms with Crippen LogP contribution in [0.15, 0.2) is 77.3 Å². The van der Waals surface area contributed by atoms with Gasteiger partial charge in [-0.25, -0.2) is 4.79 Å². The molecule has 0 unspecified atom stereocenters. The van der Waals surface area contributed by atoms with E-state index in [1.807, 2.05) is 30.3 Å². The van der Waals surface area contributed by atoms with Crippen molar-refractivity contribution in [3.8, 4) is 5.75 Å². The molecule has 2 amide bonds. The first kappa shape index (κ1) is 23.3. The Kier molecular flexibility index (Phi) is 8.65. The van der Waals surface area contributed by atoms with Crippen LogP contribution in [0.1, 0.15) is 15.9 Å². The van der Waals surface area contributed by atoms with Gasteiger partial charge < -0.3 is 19.5 Å². The van der Waals surface area contributed by atoms with Crippen LogP contribution in [-0.4, -0.2) is 32.3 Å². The predicted octanol–water partition coefficient (Wildman–Crippen LogP) is 5.48. The molecular weight excluding hydrogens is 476 g/mol. The summed E-state index contributed by atoms with van der Waals surface area (Å²) >= 11 is 3.50. The number of anilines is 2. The lowest BCUT2D eigenvalue weighted by Crippen LogP contribution is -2.17. The second-order valence-corrected chi connectivity index (χ2v) is 7.52. The number of methoxy groups -OCH3 is 1. The lowest BCUT2D eigenvalue weighted by Gasteiger charge is -2.13. The molecule has 3 aromatic carbocycles. The number of ether oxygens (including phenoxy) is 3. The Morgan fingerprint density at radius 1 is 0.875 bits per heavy atom. The molecule has 0 fully saturated rings. The molecule has 166 valence electrons. The maximum absolute atomic E-state index is 12.9. The summed E-state index contributed by atoms with van der Waals surface area (Å²) in [5.41, 5.74) is 2.38. The molecule has 0 saturated carbocycles. The minimum absolute atomic E-state index is 0.148. The summed E-state index contributed by atoms with van der Waals surface area (Å²) in [6, 6.07) is 21.5. The highest BCUT2D eigenvalue weighted by molar-refractivity contribution is 9.10. The first-order valence-corrected chi connectivity index (χ1v) is 10.7. The highest BCUT2D eigenvalue weighted by atomic mass is 79.9. The summed E-state index contributed by atoms with van der Waals surface area (Å²) in [5.74, 6) is 0.143. The van der Waals surface area contributed by atoms with Crippen LogP contribution in [0.25, 0.3) is 0 Å². The van der Waals surface area contributed by atoms with Gasteiger partial charge in [0.25, 0.3) is 5.91 Å². The summed E-state index contributed by atoms with van der Waals surface area (Å²) in [4.78, 5) is 24.7. The highest BCUT2D eigenvalue weighted by Gasteiger charge is 2.14. The molecule has 3 rings (SSSR count). The average molecular weight is 499 g/mol. The van der Waals surface area contributed by atoms with E-state index >= 15 is 0 Å². The van der Waals surface area contributed by atoms with Gasteiger partial charge in [0.05, 0.1) is 12.2 Å². The number of hydrogen-bond acceptors (Lipinski definition) is 5. The number of amides is 2. The summed E-state index contributed by atoms with van der Waals surface area (Å²) in [5, 5.41) is 5.45. The van der Waals surface area contributed by atoms with E-state index in [4.69, 9.17) is 14.2 Å². The molecule has 0 aliphatic heterocycles. The number of carbonyl (C=O) groups is 2. The zero-order valence-corrected chi connectivity index (χ0v) is 19.1. The van der Waals surface area contributed by atoms with Gasteiger partial charge >= 0.3 is 6.09 Å². The molecule has 0 bridgehead atoms. The second-order valence-electron chi connectivity index (χ2n) is 6.66. The first-order chi connectivity index (χ1) is 15.6. The topological polar surface area (TPSA) is 85.9 Å². The standard InChI is InChI=1S/C24H23BrN2O5/c1-30-13-14-31-24(29)27-19-9-6-8-18(15-19)26-23(28)20-10-3-5-12-22(20)32-16-17-7-2-4-11-21(17)25/h2-12,15H,13-14,16H2,1H3,(H,26,28)(H,27,29). The molecule has 0 aliphatic carbocycles. The van der Waals surface area contributed by atoms with Gasteiger partial charge in [-0.05, 0) is 36.4 Å². The van der Waals surface area contributed by atoms with Gasteiger partial charge in [0.15, 0.2) is 0 Å². The van der Waals surface area contributed by atoms with Gasteiger partial charge in [-0.1, -0.05) is 52.3 Å². The van der Waals surface area contributed by atoms with Crippen molar-refractivity contribution in [2.75, 3.05) is 31.0 Å². The Morgan fingerprint density at radius 3 is 2.38 bits per heavy atom. The monoisotopic (exact) mass is 498 g/mol. The Balaban J connectivity index is 1.65. The number of halogens is 1. The fourth-order valence-electron chi connectivity index (χ4n) is 2.80. The molecule has 0 spiro atoms. The normalized spacial score (nSPS) is 10.3. The molecule has 0 aliphatic rings. The third kappa shape index (κ3) is 6.83. The number of benzene rings is 3. The molecule has 0 radical (unpaired) electrons. The number of para-hydroxylation sites is 1. The van der Waals surface area contributed by atoms with E-state index in [2.05, 4.69) is 26.6 Å². The average Bonchev–Trinajstić information content (AvgIpc) is 2.79. The van der Waals surface area contributed by atoms with Gasteiger partial charge in [-0.2, -0.15) is 0 Å². The lowest BCUT2D eigenvalue weighted by molar-refractivity contribution is 0.102. The SMILES string of the molecule is COCCOC(=O)Nc1cccc(NC(=O)c2ccccc2OCc2ccccc2Br)c1. The molecule has 7 nitrogen and oxygen atoms in total. The highest BCUT2D eigenvalue weighted by Crippen LogP contribution is 2.24. The van der Waals surface area contributed by atoms with Crippen molar-refractivity contribution in [2.24, 2.45) is 0 Å². The van der Waals surface area contributed by atoms with E-state index in [0.717, 1.165) is 10.0 Å². The quantitative estimate of drug-likeness (QED) is 0.381.